The molecule has 2 heterocycles. The predicted octanol–water partition coefficient (Wildman–Crippen LogP) is 3.06. The van der Waals surface area contributed by atoms with Gasteiger partial charge in [-0.25, -0.2) is 4.79 Å². The molecule has 9 nitrogen and oxygen atoms in total. The molecule has 29 heavy (non-hydrogen) atoms. The van der Waals surface area contributed by atoms with Crippen molar-refractivity contribution in [1.82, 2.24) is 10.1 Å². The highest BCUT2D eigenvalue weighted by molar-refractivity contribution is 6.07. The first-order valence-electron chi connectivity index (χ1n) is 8.75. The monoisotopic (exact) mass is 394 g/mol. The van der Waals surface area contributed by atoms with Crippen molar-refractivity contribution in [2.24, 2.45) is 0 Å². The van der Waals surface area contributed by atoms with E-state index in [4.69, 9.17) is 9.26 Å². The number of aromatic nitrogens is 2. The van der Waals surface area contributed by atoms with Crippen molar-refractivity contribution in [1.29, 1.82) is 0 Å². The largest absolute Gasteiger partial charge is 0.462 e. The number of rotatable bonds is 6. The van der Waals surface area contributed by atoms with E-state index >= 15 is 0 Å². The second-order valence-corrected chi connectivity index (χ2v) is 5.96. The highest BCUT2D eigenvalue weighted by Gasteiger charge is 2.14. The smallest absolute Gasteiger partial charge is 0.338 e. The van der Waals surface area contributed by atoms with Crippen LogP contribution in [0.2, 0.25) is 0 Å². The number of benzene rings is 1. The molecule has 0 saturated carbocycles. The summed E-state index contributed by atoms with van der Waals surface area (Å²) in [5.74, 6) is -0.552. The van der Waals surface area contributed by atoms with Crippen LogP contribution < -0.4 is 10.6 Å². The third-order valence-corrected chi connectivity index (χ3v) is 3.78. The van der Waals surface area contributed by atoms with Crippen LogP contribution in [0, 0.1) is 6.92 Å². The minimum absolute atomic E-state index is 0.0588. The van der Waals surface area contributed by atoms with Crippen LogP contribution in [0.15, 0.2) is 53.2 Å². The molecule has 148 valence electrons. The zero-order chi connectivity index (χ0) is 20.8. The van der Waals surface area contributed by atoms with Crippen molar-refractivity contribution < 1.29 is 23.6 Å². The topological polar surface area (TPSA) is 123 Å². The van der Waals surface area contributed by atoms with Crippen LogP contribution in [0.3, 0.4) is 0 Å². The maximum Gasteiger partial charge on any atom is 0.338 e. The van der Waals surface area contributed by atoms with Gasteiger partial charge in [-0.2, -0.15) is 0 Å². The molecule has 0 aliphatic heterocycles. The van der Waals surface area contributed by atoms with E-state index in [9.17, 15) is 14.4 Å². The fraction of sp³-hybridized carbons (Fsp3) is 0.150. The highest BCUT2D eigenvalue weighted by atomic mass is 16.5. The molecule has 0 aliphatic rings. The minimum atomic E-state index is -0.499. The van der Waals surface area contributed by atoms with Gasteiger partial charge in [-0.1, -0.05) is 5.16 Å². The van der Waals surface area contributed by atoms with Gasteiger partial charge in [-0.3, -0.25) is 14.6 Å². The molecule has 0 saturated heterocycles. The highest BCUT2D eigenvalue weighted by Crippen LogP contribution is 2.13. The predicted molar refractivity (Wildman–Crippen MR) is 104 cm³/mol. The molecule has 2 N–H and O–H groups in total. The molecule has 0 radical (unpaired) electrons. The fourth-order valence-electron chi connectivity index (χ4n) is 2.41. The summed E-state index contributed by atoms with van der Waals surface area (Å²) in [5.41, 5.74) is 1.15. The van der Waals surface area contributed by atoms with Gasteiger partial charge in [-0.15, -0.1) is 0 Å². The summed E-state index contributed by atoms with van der Waals surface area (Å²) in [6, 6.07) is 10.7. The molecular weight excluding hydrogens is 376 g/mol. The normalized spacial score (nSPS) is 10.3. The number of anilines is 2. The number of pyridine rings is 1. The van der Waals surface area contributed by atoms with Crippen molar-refractivity contribution in [2.45, 2.75) is 13.8 Å². The Morgan fingerprint density at radius 1 is 1.00 bits per heavy atom. The summed E-state index contributed by atoms with van der Waals surface area (Å²) in [6.07, 6.45) is 1.36. The maximum atomic E-state index is 12.4. The standard InChI is InChI=1S/C20H18N4O5/c1-3-28-20(27)13-4-6-15(7-5-13)22-19(26)16-11-14(8-9-21-16)18(25)23-17-10-12(2)29-24-17/h4-11H,3H2,1-2H3,(H,22,26)(H,23,24,25). The van der Waals surface area contributed by atoms with Crippen LogP contribution >= 0.6 is 0 Å². The first-order chi connectivity index (χ1) is 14.0. The van der Waals surface area contributed by atoms with E-state index in [0.717, 1.165) is 0 Å². The summed E-state index contributed by atoms with van der Waals surface area (Å²) in [6.45, 7) is 3.71. The molecular formula is C20H18N4O5. The number of carbonyl (C=O) groups excluding carboxylic acids is 3. The van der Waals surface area contributed by atoms with E-state index in [1.54, 1.807) is 44.2 Å². The summed E-state index contributed by atoms with van der Waals surface area (Å²) < 4.78 is 9.81. The lowest BCUT2D eigenvalue weighted by Crippen LogP contribution is -2.17. The molecule has 2 aromatic heterocycles. The van der Waals surface area contributed by atoms with Crippen molar-refractivity contribution in [3.05, 3.63) is 71.2 Å². The van der Waals surface area contributed by atoms with Crippen molar-refractivity contribution in [3.63, 3.8) is 0 Å². The third kappa shape index (κ3) is 5.04. The lowest BCUT2D eigenvalue weighted by atomic mass is 10.2. The molecule has 9 heteroatoms. The molecule has 0 unspecified atom stereocenters. The molecule has 0 bridgehead atoms. The second kappa shape index (κ2) is 8.79. The van der Waals surface area contributed by atoms with Gasteiger partial charge in [0.15, 0.2) is 5.82 Å². The number of nitrogens with one attached hydrogen (secondary N) is 2. The Balaban J connectivity index is 1.67. The van der Waals surface area contributed by atoms with Crippen LogP contribution in [-0.4, -0.2) is 34.5 Å². The van der Waals surface area contributed by atoms with Crippen LogP contribution in [0.4, 0.5) is 11.5 Å². The molecule has 2 amide bonds. The summed E-state index contributed by atoms with van der Waals surface area (Å²) >= 11 is 0. The van der Waals surface area contributed by atoms with E-state index in [0.29, 0.717) is 17.0 Å². The zero-order valence-corrected chi connectivity index (χ0v) is 15.8. The number of carbonyl (C=O) groups is 3. The molecule has 0 atom stereocenters. The summed E-state index contributed by atoms with van der Waals surface area (Å²) in [4.78, 5) is 40.4. The van der Waals surface area contributed by atoms with E-state index in [1.165, 1.54) is 18.3 Å². The maximum absolute atomic E-state index is 12.4. The van der Waals surface area contributed by atoms with Crippen LogP contribution in [0.5, 0.6) is 0 Å². The van der Waals surface area contributed by atoms with Gasteiger partial charge in [0.1, 0.15) is 11.5 Å². The Labute approximate surface area is 166 Å². The first kappa shape index (κ1) is 19.7. The van der Waals surface area contributed by atoms with E-state index in [-0.39, 0.29) is 23.7 Å². The van der Waals surface area contributed by atoms with Gasteiger partial charge in [-0.05, 0) is 50.2 Å². The number of esters is 1. The Hall–Kier alpha value is -4.01. The van der Waals surface area contributed by atoms with Crippen molar-refractivity contribution in [2.75, 3.05) is 17.2 Å². The number of hydrogen-bond acceptors (Lipinski definition) is 7. The van der Waals surface area contributed by atoms with Gasteiger partial charge in [0.05, 0.1) is 12.2 Å². The molecule has 3 aromatic rings. The quantitative estimate of drug-likeness (QED) is 0.616. The van der Waals surface area contributed by atoms with E-state index < -0.39 is 17.8 Å². The molecule has 1 aromatic carbocycles. The van der Waals surface area contributed by atoms with Gasteiger partial charge < -0.3 is 19.9 Å². The van der Waals surface area contributed by atoms with Crippen LogP contribution in [0.1, 0.15) is 43.9 Å². The lowest BCUT2D eigenvalue weighted by molar-refractivity contribution is 0.0526. The number of aryl methyl sites for hydroxylation is 1. The summed E-state index contributed by atoms with van der Waals surface area (Å²) in [5, 5.41) is 8.93. The summed E-state index contributed by atoms with van der Waals surface area (Å²) in [7, 11) is 0. The van der Waals surface area contributed by atoms with Crippen molar-refractivity contribution in [3.8, 4) is 0 Å². The fourth-order valence-corrected chi connectivity index (χ4v) is 2.41. The Kier molecular flexibility index (Phi) is 5.98. The first-order valence-corrected chi connectivity index (χ1v) is 8.75. The van der Waals surface area contributed by atoms with Crippen molar-refractivity contribution >= 4 is 29.3 Å². The van der Waals surface area contributed by atoms with E-state index in [2.05, 4.69) is 20.8 Å². The third-order valence-electron chi connectivity index (χ3n) is 3.78. The molecule has 0 aliphatic carbocycles. The second-order valence-electron chi connectivity index (χ2n) is 5.96. The average molecular weight is 394 g/mol. The molecule has 0 spiro atoms. The van der Waals surface area contributed by atoms with Crippen LogP contribution in [0.25, 0.3) is 0 Å². The van der Waals surface area contributed by atoms with Gasteiger partial charge in [0.25, 0.3) is 11.8 Å². The SMILES string of the molecule is CCOC(=O)c1ccc(NC(=O)c2cc(C(=O)Nc3cc(C)on3)ccn2)cc1. The van der Waals surface area contributed by atoms with Crippen LogP contribution in [-0.2, 0) is 4.74 Å². The van der Waals surface area contributed by atoms with Gasteiger partial charge in [0.2, 0.25) is 0 Å². The van der Waals surface area contributed by atoms with E-state index in [1.807, 2.05) is 0 Å². The Morgan fingerprint density at radius 2 is 1.76 bits per heavy atom. The number of amides is 2. The molecule has 0 fully saturated rings. The average Bonchev–Trinajstić information content (AvgIpc) is 3.13. The number of hydrogen-bond donors (Lipinski definition) is 2. The molecule has 3 rings (SSSR count). The van der Waals surface area contributed by atoms with Gasteiger partial charge >= 0.3 is 5.97 Å². The lowest BCUT2D eigenvalue weighted by Gasteiger charge is -2.07. The minimum Gasteiger partial charge on any atom is -0.462 e. The zero-order valence-electron chi connectivity index (χ0n) is 15.8. The Morgan fingerprint density at radius 3 is 2.41 bits per heavy atom. The number of ether oxygens (including phenoxy) is 1. The Bertz CT molecular complexity index is 1040. The number of nitrogens with zero attached hydrogens (tertiary/aromatic N) is 2. The van der Waals surface area contributed by atoms with Gasteiger partial charge in [0, 0.05) is 23.5 Å².